The van der Waals surface area contributed by atoms with E-state index in [2.05, 4.69) is 10.3 Å². The monoisotopic (exact) mass is 431 g/mol. The first kappa shape index (κ1) is 20.6. The Bertz CT molecular complexity index is 1130. The molecule has 0 aromatic heterocycles. The lowest BCUT2D eigenvalue weighted by Crippen LogP contribution is -2.38. The topological polar surface area (TPSA) is 93.8 Å². The zero-order valence-electron chi connectivity index (χ0n) is 16.0. The van der Waals surface area contributed by atoms with Crippen LogP contribution >= 0.6 is 0 Å². The fraction of sp³-hybridized carbons (Fsp3) is 0.238. The van der Waals surface area contributed by atoms with Crippen LogP contribution in [0.4, 0.5) is 18.9 Å². The third kappa shape index (κ3) is 4.14. The van der Waals surface area contributed by atoms with Crippen LogP contribution in [0, 0.1) is 10.1 Å². The number of nitro benzene ring substituents is 1. The third-order valence-corrected chi connectivity index (χ3v) is 5.14. The van der Waals surface area contributed by atoms with Crippen molar-refractivity contribution >= 4 is 17.4 Å². The van der Waals surface area contributed by atoms with Crippen LogP contribution in [0.3, 0.4) is 0 Å². The molecule has 2 aliphatic rings. The molecular weight excluding hydrogens is 415 g/mol. The zero-order chi connectivity index (χ0) is 22.2. The van der Waals surface area contributed by atoms with E-state index in [1.54, 1.807) is 6.07 Å². The molecule has 1 amide bonds. The van der Waals surface area contributed by atoms with Gasteiger partial charge in [-0.15, -0.1) is 0 Å². The van der Waals surface area contributed by atoms with E-state index in [9.17, 15) is 28.1 Å². The minimum atomic E-state index is -4.56. The van der Waals surface area contributed by atoms with E-state index in [0.717, 1.165) is 11.6 Å². The predicted molar refractivity (Wildman–Crippen MR) is 105 cm³/mol. The summed E-state index contributed by atoms with van der Waals surface area (Å²) >= 11 is 0. The number of nitrogens with zero attached hydrogens (tertiary/aromatic N) is 2. The van der Waals surface area contributed by atoms with Crippen LogP contribution in [0.15, 0.2) is 59.1 Å². The van der Waals surface area contributed by atoms with Gasteiger partial charge in [0.2, 0.25) is 5.91 Å². The minimum absolute atomic E-state index is 0.112. The number of amides is 1. The highest BCUT2D eigenvalue weighted by Crippen LogP contribution is 2.38. The maximum absolute atomic E-state index is 13.2. The quantitative estimate of drug-likeness (QED) is 0.569. The van der Waals surface area contributed by atoms with Crippen LogP contribution < -0.4 is 10.1 Å². The summed E-state index contributed by atoms with van der Waals surface area (Å²) in [7, 11) is 0. The van der Waals surface area contributed by atoms with E-state index in [1.165, 1.54) is 30.3 Å². The molecule has 0 aliphatic carbocycles. The highest BCUT2D eigenvalue weighted by atomic mass is 19.4. The summed E-state index contributed by atoms with van der Waals surface area (Å²) in [4.78, 5) is 27.1. The van der Waals surface area contributed by atoms with Crippen molar-refractivity contribution in [2.45, 2.75) is 25.1 Å². The van der Waals surface area contributed by atoms with Gasteiger partial charge in [0.1, 0.15) is 12.4 Å². The Hall–Kier alpha value is -3.69. The number of amidine groups is 1. The van der Waals surface area contributed by atoms with Gasteiger partial charge in [-0.05, 0) is 17.7 Å². The van der Waals surface area contributed by atoms with Crippen LogP contribution in [0.25, 0.3) is 0 Å². The summed E-state index contributed by atoms with van der Waals surface area (Å²) in [5.41, 5.74) is -0.0473. The first-order chi connectivity index (χ1) is 14.7. The van der Waals surface area contributed by atoms with Gasteiger partial charge < -0.3 is 10.1 Å². The number of carbonyl (C=O) groups excluding carboxylic acids is 1. The number of piperidine rings is 1. The minimum Gasteiger partial charge on any atom is -0.482 e. The van der Waals surface area contributed by atoms with Crippen LogP contribution in [-0.4, -0.2) is 23.2 Å². The van der Waals surface area contributed by atoms with Crippen molar-refractivity contribution < 1.29 is 27.6 Å². The maximum atomic E-state index is 13.2. The number of nitrogens with one attached hydrogen (secondary N) is 1. The van der Waals surface area contributed by atoms with Gasteiger partial charge in [-0.1, -0.05) is 30.3 Å². The molecule has 160 valence electrons. The average Bonchev–Trinajstić information content (AvgIpc) is 3.19. The Morgan fingerprint density at radius 3 is 2.74 bits per heavy atom. The van der Waals surface area contributed by atoms with Gasteiger partial charge >= 0.3 is 11.9 Å². The molecule has 1 N–H and O–H groups in total. The molecule has 1 fully saturated rings. The number of ether oxygens (including phenoxy) is 1. The Balaban J connectivity index is 1.62. The Labute approximate surface area is 174 Å². The van der Waals surface area contributed by atoms with Gasteiger partial charge in [0.15, 0.2) is 5.75 Å². The van der Waals surface area contributed by atoms with Crippen molar-refractivity contribution in [3.05, 3.63) is 80.9 Å². The van der Waals surface area contributed by atoms with Gasteiger partial charge in [-0.2, -0.15) is 13.2 Å². The zero-order valence-corrected chi connectivity index (χ0v) is 16.0. The van der Waals surface area contributed by atoms with Crippen molar-refractivity contribution in [3.8, 4) is 5.75 Å². The number of nitro groups is 1. The largest absolute Gasteiger partial charge is 0.482 e. The fourth-order valence-corrected chi connectivity index (χ4v) is 3.71. The highest BCUT2D eigenvalue weighted by Gasteiger charge is 2.34. The molecule has 2 aliphatic heterocycles. The lowest BCUT2D eigenvalue weighted by Gasteiger charge is -2.25. The van der Waals surface area contributed by atoms with Crippen molar-refractivity contribution in [1.82, 2.24) is 5.32 Å². The molecule has 2 heterocycles. The lowest BCUT2D eigenvalue weighted by molar-refractivity contribution is -0.386. The molecule has 2 aromatic carbocycles. The Morgan fingerprint density at radius 1 is 1.23 bits per heavy atom. The SMILES string of the molecule is O=C1CC(c2ccc(OCc3ccccc3C(F)(F)F)c([N+](=O)[O-])c2)C2=CCN=C2N1. The van der Waals surface area contributed by atoms with Crippen molar-refractivity contribution in [2.24, 2.45) is 4.99 Å². The van der Waals surface area contributed by atoms with Crippen molar-refractivity contribution in [2.75, 3.05) is 6.54 Å². The lowest BCUT2D eigenvalue weighted by atomic mass is 9.85. The number of hydrogen-bond acceptors (Lipinski definition) is 5. The normalized spacial score (nSPS) is 18.0. The third-order valence-electron chi connectivity index (χ3n) is 5.14. The van der Waals surface area contributed by atoms with Crippen LogP contribution in [-0.2, 0) is 17.6 Å². The van der Waals surface area contributed by atoms with Gasteiger partial charge in [0, 0.05) is 29.5 Å². The molecule has 31 heavy (non-hydrogen) atoms. The second kappa shape index (κ2) is 7.86. The number of benzene rings is 2. The molecule has 0 radical (unpaired) electrons. The van der Waals surface area contributed by atoms with E-state index in [0.29, 0.717) is 17.9 Å². The van der Waals surface area contributed by atoms with Crippen LogP contribution in [0.2, 0.25) is 0 Å². The molecule has 1 atom stereocenters. The molecule has 1 saturated heterocycles. The Morgan fingerprint density at radius 2 is 2.00 bits per heavy atom. The number of alkyl halides is 3. The van der Waals surface area contributed by atoms with E-state index in [1.807, 2.05) is 6.08 Å². The molecule has 0 bridgehead atoms. The van der Waals surface area contributed by atoms with Crippen LogP contribution in [0.1, 0.15) is 29.0 Å². The van der Waals surface area contributed by atoms with E-state index in [-0.39, 0.29) is 29.3 Å². The van der Waals surface area contributed by atoms with E-state index < -0.39 is 29.2 Å². The molecular formula is C21H16F3N3O4. The van der Waals surface area contributed by atoms with Gasteiger partial charge in [0.25, 0.3) is 0 Å². The molecule has 2 aromatic rings. The molecule has 0 saturated carbocycles. The van der Waals surface area contributed by atoms with Crippen LogP contribution in [0.5, 0.6) is 5.75 Å². The summed E-state index contributed by atoms with van der Waals surface area (Å²) in [6.45, 7) is -0.0625. The molecule has 0 spiro atoms. The summed E-state index contributed by atoms with van der Waals surface area (Å²) in [6.07, 6.45) is -2.60. The highest BCUT2D eigenvalue weighted by molar-refractivity contribution is 6.12. The first-order valence-corrected chi connectivity index (χ1v) is 9.35. The summed E-state index contributed by atoms with van der Waals surface area (Å²) in [5.74, 6) is -0.323. The van der Waals surface area contributed by atoms with Gasteiger partial charge in [-0.3, -0.25) is 19.9 Å². The summed E-state index contributed by atoms with van der Waals surface area (Å²) in [6, 6.07) is 9.12. The number of aliphatic imine (C=N–C) groups is 1. The Kier molecular flexibility index (Phi) is 5.22. The number of halogens is 3. The van der Waals surface area contributed by atoms with Crippen molar-refractivity contribution in [3.63, 3.8) is 0 Å². The second-order valence-corrected chi connectivity index (χ2v) is 7.08. The van der Waals surface area contributed by atoms with E-state index in [4.69, 9.17) is 4.74 Å². The summed E-state index contributed by atoms with van der Waals surface area (Å²) < 4.78 is 44.9. The van der Waals surface area contributed by atoms with Crippen molar-refractivity contribution in [1.29, 1.82) is 0 Å². The maximum Gasteiger partial charge on any atom is 0.416 e. The summed E-state index contributed by atoms with van der Waals surface area (Å²) in [5, 5.41) is 14.3. The molecule has 4 rings (SSSR count). The fourth-order valence-electron chi connectivity index (χ4n) is 3.71. The number of fused-ring (bicyclic) bond motifs is 1. The molecule has 10 heteroatoms. The standard InChI is InChI=1S/C21H16F3N3O4/c22-21(23,24)16-4-2-1-3-13(16)11-31-18-6-5-12(9-17(18)27(29)30)15-10-19(28)26-20-14(15)7-8-25-20/h1-7,9,15H,8,10-11H2,(H,25,26,28). The number of rotatable bonds is 5. The number of carbonyl (C=O) groups is 1. The predicted octanol–water partition coefficient (Wildman–Crippen LogP) is 4.13. The molecule has 7 nitrogen and oxygen atoms in total. The second-order valence-electron chi connectivity index (χ2n) is 7.08. The number of hydrogen-bond donors (Lipinski definition) is 1. The van der Waals surface area contributed by atoms with Gasteiger partial charge in [0.05, 0.1) is 17.0 Å². The molecule has 1 unspecified atom stereocenters. The average molecular weight is 431 g/mol. The van der Waals surface area contributed by atoms with Gasteiger partial charge in [-0.25, -0.2) is 0 Å². The van der Waals surface area contributed by atoms with E-state index >= 15 is 0 Å². The smallest absolute Gasteiger partial charge is 0.416 e. The first-order valence-electron chi connectivity index (χ1n) is 9.35.